The minimum absolute atomic E-state index is 0.245. The SMILES string of the molecule is CCCCCCC/C=C/C(O)C(COC1OC(CO)C(OC2OC(CO)C(O)C(O)C2O)C(O)C1O)NC(=O)CCCCCCCCCCCCCCCC. The first-order chi connectivity index (χ1) is 26.6. The van der Waals surface area contributed by atoms with E-state index >= 15 is 0 Å². The summed E-state index contributed by atoms with van der Waals surface area (Å²) in [5, 5.41) is 86.0. The Morgan fingerprint density at radius 3 is 1.67 bits per heavy atom. The predicted molar refractivity (Wildman–Crippen MR) is 208 cm³/mol. The average molecular weight is 792 g/mol. The normalized spacial score (nSPS) is 29.8. The van der Waals surface area contributed by atoms with Gasteiger partial charge in [-0.3, -0.25) is 4.79 Å². The number of nitrogens with one attached hydrogen (secondary N) is 1. The van der Waals surface area contributed by atoms with Gasteiger partial charge in [-0.15, -0.1) is 0 Å². The Morgan fingerprint density at radius 2 is 1.13 bits per heavy atom. The van der Waals surface area contributed by atoms with Crippen LogP contribution >= 0.6 is 0 Å². The zero-order valence-electron chi connectivity index (χ0n) is 33.7. The van der Waals surface area contributed by atoms with Gasteiger partial charge in [-0.25, -0.2) is 0 Å². The van der Waals surface area contributed by atoms with Crippen LogP contribution in [0, 0.1) is 0 Å². The number of allylic oxidation sites excluding steroid dienone is 1. The zero-order chi connectivity index (χ0) is 40.4. The van der Waals surface area contributed by atoms with Crippen molar-refractivity contribution in [1.29, 1.82) is 0 Å². The van der Waals surface area contributed by atoms with Crippen LogP contribution in [-0.2, 0) is 23.7 Å². The second-order valence-electron chi connectivity index (χ2n) is 15.5. The third-order valence-corrected chi connectivity index (χ3v) is 10.7. The number of hydrogen-bond acceptors (Lipinski definition) is 13. The van der Waals surface area contributed by atoms with E-state index in [1.807, 2.05) is 6.08 Å². The van der Waals surface area contributed by atoms with E-state index in [1.165, 1.54) is 70.6 Å². The molecule has 0 aromatic rings. The lowest BCUT2D eigenvalue weighted by Crippen LogP contribution is -2.65. The lowest BCUT2D eigenvalue weighted by molar-refractivity contribution is -0.359. The Bertz CT molecular complexity index is 988. The number of hydrogen-bond donors (Lipinski definition) is 9. The van der Waals surface area contributed by atoms with Gasteiger partial charge in [0.1, 0.15) is 48.8 Å². The minimum atomic E-state index is -1.78. The molecule has 2 saturated heterocycles. The molecule has 2 rings (SSSR count). The number of aliphatic hydroxyl groups is 8. The third kappa shape index (κ3) is 18.9. The van der Waals surface area contributed by atoms with Crippen LogP contribution in [0.3, 0.4) is 0 Å². The van der Waals surface area contributed by atoms with Gasteiger partial charge in [0, 0.05) is 6.42 Å². The monoisotopic (exact) mass is 792 g/mol. The molecule has 14 heteroatoms. The maximum Gasteiger partial charge on any atom is 0.220 e. The fourth-order valence-corrected chi connectivity index (χ4v) is 7.11. The number of carbonyl (C=O) groups is 1. The largest absolute Gasteiger partial charge is 0.394 e. The fourth-order valence-electron chi connectivity index (χ4n) is 7.11. The van der Waals surface area contributed by atoms with Crippen molar-refractivity contribution in [2.75, 3.05) is 19.8 Å². The van der Waals surface area contributed by atoms with Gasteiger partial charge in [0.05, 0.1) is 32.0 Å². The molecule has 12 atom stereocenters. The van der Waals surface area contributed by atoms with Crippen LogP contribution in [0.25, 0.3) is 0 Å². The van der Waals surface area contributed by atoms with Crippen molar-refractivity contribution >= 4 is 5.91 Å². The number of rotatable bonds is 31. The molecule has 0 saturated carbocycles. The van der Waals surface area contributed by atoms with Gasteiger partial charge in [0.2, 0.25) is 5.91 Å². The Hall–Kier alpha value is -1.27. The van der Waals surface area contributed by atoms with Crippen molar-refractivity contribution in [3.05, 3.63) is 12.2 Å². The molecule has 0 spiro atoms. The molecular formula is C41H77NO13. The topological polar surface area (TPSA) is 228 Å². The molecule has 324 valence electrons. The zero-order valence-corrected chi connectivity index (χ0v) is 33.7. The first kappa shape index (κ1) is 49.9. The van der Waals surface area contributed by atoms with Crippen LogP contribution in [0.5, 0.6) is 0 Å². The lowest BCUT2D eigenvalue weighted by atomic mass is 9.97. The molecule has 14 nitrogen and oxygen atoms in total. The van der Waals surface area contributed by atoms with Crippen molar-refractivity contribution in [2.24, 2.45) is 0 Å². The molecule has 1 amide bonds. The highest BCUT2D eigenvalue weighted by Crippen LogP contribution is 2.30. The lowest BCUT2D eigenvalue weighted by Gasteiger charge is -2.46. The summed E-state index contributed by atoms with van der Waals surface area (Å²) in [4.78, 5) is 13.0. The summed E-state index contributed by atoms with van der Waals surface area (Å²) in [6.45, 7) is 2.69. The molecule has 55 heavy (non-hydrogen) atoms. The van der Waals surface area contributed by atoms with Crippen molar-refractivity contribution in [3.63, 3.8) is 0 Å². The van der Waals surface area contributed by atoms with Gasteiger partial charge in [-0.1, -0.05) is 135 Å². The maximum atomic E-state index is 13.0. The first-order valence-corrected chi connectivity index (χ1v) is 21.4. The number of ether oxygens (including phenoxy) is 4. The maximum absolute atomic E-state index is 13.0. The first-order valence-electron chi connectivity index (χ1n) is 21.4. The fraction of sp³-hybridized carbons (Fsp3) is 0.927. The molecule has 0 aromatic heterocycles. The van der Waals surface area contributed by atoms with E-state index in [0.29, 0.717) is 6.42 Å². The van der Waals surface area contributed by atoms with Crippen LogP contribution in [0.15, 0.2) is 12.2 Å². The van der Waals surface area contributed by atoms with Crippen molar-refractivity contribution < 1.29 is 64.6 Å². The van der Waals surface area contributed by atoms with Crippen LogP contribution in [0.4, 0.5) is 0 Å². The number of aliphatic hydroxyl groups excluding tert-OH is 8. The van der Waals surface area contributed by atoms with Gasteiger partial charge >= 0.3 is 0 Å². The van der Waals surface area contributed by atoms with Gasteiger partial charge in [-0.2, -0.15) is 0 Å². The van der Waals surface area contributed by atoms with Gasteiger partial charge < -0.3 is 65.1 Å². The van der Waals surface area contributed by atoms with Crippen molar-refractivity contribution in [3.8, 4) is 0 Å². The third-order valence-electron chi connectivity index (χ3n) is 10.7. The Kier molecular flexibility index (Phi) is 27.1. The highest BCUT2D eigenvalue weighted by atomic mass is 16.7. The van der Waals surface area contributed by atoms with Crippen molar-refractivity contribution in [1.82, 2.24) is 5.32 Å². The predicted octanol–water partition coefficient (Wildman–Crippen LogP) is 3.26. The number of unbranched alkanes of at least 4 members (excludes halogenated alkanes) is 18. The Balaban J connectivity index is 1.88. The van der Waals surface area contributed by atoms with Crippen LogP contribution in [-0.4, -0.2) is 140 Å². The van der Waals surface area contributed by atoms with Gasteiger partial charge in [0.25, 0.3) is 0 Å². The number of amides is 1. The summed E-state index contributed by atoms with van der Waals surface area (Å²) in [6.07, 6.45) is 10.1. The smallest absolute Gasteiger partial charge is 0.220 e. The summed E-state index contributed by atoms with van der Waals surface area (Å²) < 4.78 is 22.5. The highest BCUT2D eigenvalue weighted by molar-refractivity contribution is 5.76. The van der Waals surface area contributed by atoms with E-state index in [2.05, 4.69) is 19.2 Å². The second-order valence-corrected chi connectivity index (χ2v) is 15.5. The quantitative estimate of drug-likeness (QED) is 0.0364. The summed E-state index contributed by atoms with van der Waals surface area (Å²) in [5.41, 5.74) is 0. The van der Waals surface area contributed by atoms with Crippen LogP contribution < -0.4 is 5.32 Å². The molecular weight excluding hydrogens is 714 g/mol. The van der Waals surface area contributed by atoms with Crippen LogP contribution in [0.1, 0.15) is 149 Å². The molecule has 12 unspecified atom stereocenters. The summed E-state index contributed by atoms with van der Waals surface area (Å²) in [6, 6.07) is -0.904. The Morgan fingerprint density at radius 1 is 0.636 bits per heavy atom. The molecule has 2 heterocycles. The van der Waals surface area contributed by atoms with E-state index in [9.17, 15) is 45.6 Å². The summed E-state index contributed by atoms with van der Waals surface area (Å²) >= 11 is 0. The highest BCUT2D eigenvalue weighted by Gasteiger charge is 2.50. The van der Waals surface area contributed by atoms with Crippen molar-refractivity contribution in [2.45, 2.75) is 222 Å². The summed E-state index contributed by atoms with van der Waals surface area (Å²) in [7, 11) is 0. The van der Waals surface area contributed by atoms with E-state index < -0.39 is 86.8 Å². The molecule has 0 radical (unpaired) electrons. The van der Waals surface area contributed by atoms with Crippen LogP contribution in [0.2, 0.25) is 0 Å². The molecule has 2 aliphatic heterocycles. The average Bonchev–Trinajstić information content (AvgIpc) is 3.18. The molecule has 0 aliphatic carbocycles. The van der Waals surface area contributed by atoms with Gasteiger partial charge in [-0.05, 0) is 19.3 Å². The van der Waals surface area contributed by atoms with E-state index in [0.717, 1.165) is 51.4 Å². The van der Waals surface area contributed by atoms with E-state index in [4.69, 9.17) is 18.9 Å². The van der Waals surface area contributed by atoms with E-state index in [1.54, 1.807) is 6.08 Å². The molecule has 2 aliphatic rings. The molecule has 0 bridgehead atoms. The molecule has 0 aromatic carbocycles. The standard InChI is InChI=1S/C41H77NO13/c1-3-5-7-9-11-12-13-14-15-16-17-19-21-23-25-33(46)42-29(30(45)24-22-20-18-10-8-6-4-2)28-52-40-38(51)36(49)39(32(27-44)54-40)55-41-37(50)35(48)34(47)31(26-43)53-41/h22,24,29-32,34-41,43-45,47-51H,3-21,23,25-28H2,1-2H3,(H,42,46)/b24-22+. The summed E-state index contributed by atoms with van der Waals surface area (Å²) in [5.74, 6) is -0.245. The molecule has 2 fully saturated rings. The van der Waals surface area contributed by atoms with Gasteiger partial charge in [0.15, 0.2) is 12.6 Å². The molecule has 9 N–H and O–H groups in total. The Labute approximate surface area is 329 Å². The minimum Gasteiger partial charge on any atom is -0.394 e. The second kappa shape index (κ2) is 29.9. The van der Waals surface area contributed by atoms with E-state index in [-0.39, 0.29) is 18.9 Å². The number of carbonyl (C=O) groups excluding carboxylic acids is 1.